The van der Waals surface area contributed by atoms with E-state index in [0.717, 1.165) is 22.2 Å². The molecule has 0 spiro atoms. The number of nitrogens with two attached hydrogens (primary N) is 1. The van der Waals surface area contributed by atoms with Crippen molar-refractivity contribution >= 4 is 28.6 Å². The molecule has 3 aromatic rings. The highest BCUT2D eigenvalue weighted by Crippen LogP contribution is 2.34. The van der Waals surface area contributed by atoms with Crippen LogP contribution in [0.25, 0.3) is 22.2 Å². The topological polar surface area (TPSA) is 78.5 Å². The van der Waals surface area contributed by atoms with Gasteiger partial charge in [-0.25, -0.2) is 9.36 Å². The van der Waals surface area contributed by atoms with Crippen molar-refractivity contribution in [3.63, 3.8) is 0 Å². The van der Waals surface area contributed by atoms with Crippen LogP contribution in [0.4, 0.5) is 4.79 Å². The van der Waals surface area contributed by atoms with E-state index < -0.39 is 17.3 Å². The third-order valence-electron chi connectivity index (χ3n) is 5.33. The van der Waals surface area contributed by atoms with Crippen molar-refractivity contribution in [1.82, 2.24) is 9.88 Å². The zero-order chi connectivity index (χ0) is 22.4. The highest BCUT2D eigenvalue weighted by atomic mass is 35.5. The number of nitrogens with one attached hydrogen (secondary N) is 1. The molecule has 2 unspecified atom stereocenters. The third-order valence-corrected chi connectivity index (χ3v) is 5.57. The first-order valence-electron chi connectivity index (χ1n) is 10.4. The molecule has 1 aromatic heterocycles. The number of benzene rings is 2. The van der Waals surface area contributed by atoms with Crippen LogP contribution in [-0.4, -0.2) is 35.6 Å². The summed E-state index contributed by atoms with van der Waals surface area (Å²) in [4.78, 5) is 13.2. The fourth-order valence-corrected chi connectivity index (χ4v) is 4.11. The lowest BCUT2D eigenvalue weighted by atomic mass is 9.92. The SMILES string of the molecule is CC(C)(C)OC(=O)n1c(-c2cccc(C3(C)CNCC(N)O3)c2)cc2ccc(Cl)cc21. The Morgan fingerprint density at radius 3 is 2.74 bits per heavy atom. The van der Waals surface area contributed by atoms with Gasteiger partial charge in [0.15, 0.2) is 0 Å². The van der Waals surface area contributed by atoms with Crippen molar-refractivity contribution in [1.29, 1.82) is 0 Å². The monoisotopic (exact) mass is 441 g/mol. The predicted molar refractivity (Wildman–Crippen MR) is 123 cm³/mol. The Balaban J connectivity index is 1.85. The maximum absolute atomic E-state index is 13.2. The van der Waals surface area contributed by atoms with Crippen LogP contribution in [0.5, 0.6) is 0 Å². The van der Waals surface area contributed by atoms with Crippen LogP contribution in [0.15, 0.2) is 48.5 Å². The van der Waals surface area contributed by atoms with E-state index in [0.29, 0.717) is 23.6 Å². The molecule has 7 heteroatoms. The maximum atomic E-state index is 13.2. The van der Waals surface area contributed by atoms with Gasteiger partial charge in [-0.05, 0) is 63.1 Å². The van der Waals surface area contributed by atoms with Crippen molar-refractivity contribution in [3.8, 4) is 11.3 Å². The van der Waals surface area contributed by atoms with Crippen molar-refractivity contribution in [3.05, 3.63) is 59.1 Å². The molecule has 1 aliphatic heterocycles. The van der Waals surface area contributed by atoms with Crippen LogP contribution in [0.2, 0.25) is 5.02 Å². The second kappa shape index (κ2) is 7.95. The fourth-order valence-electron chi connectivity index (χ4n) is 3.94. The number of carbonyl (C=O) groups is 1. The molecule has 1 saturated heterocycles. The molecule has 0 radical (unpaired) electrons. The Morgan fingerprint density at radius 1 is 1.26 bits per heavy atom. The summed E-state index contributed by atoms with van der Waals surface area (Å²) >= 11 is 6.24. The van der Waals surface area contributed by atoms with E-state index >= 15 is 0 Å². The smallest absolute Gasteiger partial charge is 0.419 e. The normalized spacial score (nSPS) is 21.9. The van der Waals surface area contributed by atoms with Gasteiger partial charge in [-0.1, -0.05) is 35.9 Å². The van der Waals surface area contributed by atoms with Gasteiger partial charge < -0.3 is 20.5 Å². The molecular weight excluding hydrogens is 414 g/mol. The van der Waals surface area contributed by atoms with Gasteiger partial charge >= 0.3 is 6.09 Å². The molecule has 2 aromatic carbocycles. The minimum atomic E-state index is -0.628. The number of carbonyl (C=O) groups excluding carboxylic acids is 1. The van der Waals surface area contributed by atoms with Crippen LogP contribution < -0.4 is 11.1 Å². The summed E-state index contributed by atoms with van der Waals surface area (Å²) in [6, 6.07) is 15.5. The summed E-state index contributed by atoms with van der Waals surface area (Å²) in [6.45, 7) is 8.82. The quantitative estimate of drug-likeness (QED) is 0.593. The molecule has 2 atom stereocenters. The van der Waals surface area contributed by atoms with E-state index in [4.69, 9.17) is 26.8 Å². The molecule has 0 aliphatic carbocycles. The summed E-state index contributed by atoms with van der Waals surface area (Å²) < 4.78 is 13.4. The Morgan fingerprint density at radius 2 is 2.03 bits per heavy atom. The van der Waals surface area contributed by atoms with E-state index in [1.54, 1.807) is 10.6 Å². The number of rotatable bonds is 2. The number of nitrogens with zero attached hydrogens (tertiary/aromatic N) is 1. The molecule has 0 bridgehead atoms. The standard InChI is InChI=1S/C24H28ClN3O3/c1-23(2,3)31-22(29)28-19(11-16-8-9-18(25)12-20(16)28)15-6-5-7-17(10-15)24(4)14-27-13-21(26)30-24/h5-12,21,27H,13-14,26H2,1-4H3. The van der Waals surface area contributed by atoms with Gasteiger partial charge in [-0.15, -0.1) is 0 Å². The molecule has 0 amide bonds. The molecule has 1 fully saturated rings. The molecule has 4 rings (SSSR count). The molecule has 3 N–H and O–H groups in total. The largest absolute Gasteiger partial charge is 0.443 e. The molecule has 31 heavy (non-hydrogen) atoms. The summed E-state index contributed by atoms with van der Waals surface area (Å²) in [7, 11) is 0. The zero-order valence-corrected chi connectivity index (χ0v) is 19.0. The highest BCUT2D eigenvalue weighted by Gasteiger charge is 2.33. The third kappa shape index (κ3) is 4.48. The van der Waals surface area contributed by atoms with Crippen molar-refractivity contribution < 1.29 is 14.3 Å². The first kappa shape index (κ1) is 21.8. The highest BCUT2D eigenvalue weighted by molar-refractivity contribution is 6.31. The van der Waals surface area contributed by atoms with Crippen LogP contribution in [0, 0.1) is 0 Å². The number of fused-ring (bicyclic) bond motifs is 1. The lowest BCUT2D eigenvalue weighted by Gasteiger charge is -2.38. The number of aromatic nitrogens is 1. The van der Waals surface area contributed by atoms with Gasteiger partial charge in [-0.3, -0.25) is 0 Å². The van der Waals surface area contributed by atoms with Crippen LogP contribution >= 0.6 is 11.6 Å². The number of halogens is 1. The Labute approximate surface area is 187 Å². The molecular formula is C24H28ClN3O3. The molecule has 0 saturated carbocycles. The first-order valence-corrected chi connectivity index (χ1v) is 10.7. The zero-order valence-electron chi connectivity index (χ0n) is 18.2. The summed E-state index contributed by atoms with van der Waals surface area (Å²) in [5.74, 6) is 0. The van der Waals surface area contributed by atoms with Gasteiger partial charge in [0.1, 0.15) is 17.4 Å². The lowest BCUT2D eigenvalue weighted by Crippen LogP contribution is -2.53. The summed E-state index contributed by atoms with van der Waals surface area (Å²) in [5.41, 5.74) is 8.10. The minimum absolute atomic E-state index is 0.377. The second-order valence-electron chi connectivity index (χ2n) is 9.15. The Hall–Kier alpha value is -2.38. The van der Waals surface area contributed by atoms with E-state index in [-0.39, 0.29) is 6.23 Å². The van der Waals surface area contributed by atoms with E-state index in [1.165, 1.54) is 0 Å². The molecule has 164 valence electrons. The number of morpholine rings is 1. The first-order chi connectivity index (χ1) is 14.6. The molecule has 2 heterocycles. The predicted octanol–water partition coefficient (Wildman–Crippen LogP) is 4.86. The van der Waals surface area contributed by atoms with Gasteiger partial charge in [-0.2, -0.15) is 0 Å². The number of ether oxygens (including phenoxy) is 2. The van der Waals surface area contributed by atoms with Gasteiger partial charge in [0.05, 0.1) is 11.2 Å². The average molecular weight is 442 g/mol. The Kier molecular flexibility index (Phi) is 5.60. The second-order valence-corrected chi connectivity index (χ2v) is 9.58. The van der Waals surface area contributed by atoms with E-state index in [1.807, 2.05) is 70.2 Å². The average Bonchev–Trinajstić information content (AvgIpc) is 3.05. The van der Waals surface area contributed by atoms with Crippen molar-refractivity contribution in [2.24, 2.45) is 5.73 Å². The van der Waals surface area contributed by atoms with Crippen LogP contribution in [0.3, 0.4) is 0 Å². The fraction of sp³-hybridized carbons (Fsp3) is 0.375. The Bertz CT molecular complexity index is 1130. The van der Waals surface area contributed by atoms with Crippen molar-refractivity contribution in [2.75, 3.05) is 13.1 Å². The number of hydrogen-bond donors (Lipinski definition) is 2. The lowest BCUT2D eigenvalue weighted by molar-refractivity contribution is -0.107. The van der Waals surface area contributed by atoms with E-state index in [9.17, 15) is 4.79 Å². The van der Waals surface area contributed by atoms with E-state index in [2.05, 4.69) is 5.32 Å². The van der Waals surface area contributed by atoms with Gasteiger partial charge in [0.25, 0.3) is 0 Å². The van der Waals surface area contributed by atoms with Gasteiger partial charge in [0.2, 0.25) is 0 Å². The maximum Gasteiger partial charge on any atom is 0.419 e. The molecule has 1 aliphatic rings. The summed E-state index contributed by atoms with van der Waals surface area (Å²) in [5, 5.41) is 4.78. The van der Waals surface area contributed by atoms with Crippen LogP contribution in [-0.2, 0) is 15.1 Å². The molecule has 6 nitrogen and oxygen atoms in total. The minimum Gasteiger partial charge on any atom is -0.443 e. The number of hydrogen-bond acceptors (Lipinski definition) is 5. The summed E-state index contributed by atoms with van der Waals surface area (Å²) in [6.07, 6.45) is -0.827. The van der Waals surface area contributed by atoms with Crippen molar-refractivity contribution in [2.45, 2.75) is 45.1 Å². The van der Waals surface area contributed by atoms with Gasteiger partial charge in [0, 0.05) is 23.5 Å². The van der Waals surface area contributed by atoms with Crippen LogP contribution in [0.1, 0.15) is 33.3 Å².